The summed E-state index contributed by atoms with van der Waals surface area (Å²) in [6.07, 6.45) is -1.67. The lowest BCUT2D eigenvalue weighted by molar-refractivity contribution is -0.145. The van der Waals surface area contributed by atoms with E-state index in [9.17, 15) is 78.0 Å². The maximum Gasteiger partial charge on any atom is 0.326 e. The van der Waals surface area contributed by atoms with Gasteiger partial charge in [0.05, 0.1) is 18.6 Å². The van der Waals surface area contributed by atoms with Gasteiger partial charge in [-0.1, -0.05) is 74.5 Å². The first-order valence-electron chi connectivity index (χ1n) is 31.5. The second-order valence-corrected chi connectivity index (χ2v) is 24.6. The van der Waals surface area contributed by atoms with Crippen LogP contribution in [0.2, 0.25) is 0 Å². The summed E-state index contributed by atoms with van der Waals surface area (Å²) < 4.78 is 0. The minimum Gasteiger partial charge on any atom is -0.508 e. The van der Waals surface area contributed by atoms with Crippen molar-refractivity contribution in [1.29, 1.82) is 0 Å². The number of benzene rings is 3. The van der Waals surface area contributed by atoms with Crippen LogP contribution in [0, 0.1) is 5.92 Å². The van der Waals surface area contributed by atoms with Gasteiger partial charge in [-0.25, -0.2) is 4.79 Å². The van der Waals surface area contributed by atoms with Crippen LogP contribution in [0.1, 0.15) is 88.8 Å². The van der Waals surface area contributed by atoms with Crippen LogP contribution in [0.4, 0.5) is 0 Å². The number of thiol groups is 2. The third kappa shape index (κ3) is 24.8. The van der Waals surface area contributed by atoms with Crippen molar-refractivity contribution in [2.24, 2.45) is 17.4 Å². The lowest BCUT2D eigenvalue weighted by atomic mass is 10.0. The van der Waals surface area contributed by atoms with Gasteiger partial charge in [-0.2, -0.15) is 25.3 Å². The number of unbranched alkanes of at least 4 members (excludes halogenated alkanes) is 1. The second-order valence-electron chi connectivity index (χ2n) is 23.8. The third-order valence-corrected chi connectivity index (χ3v) is 16.7. The van der Waals surface area contributed by atoms with E-state index in [2.05, 4.69) is 78.1 Å². The molecule has 0 unspecified atom stereocenters. The van der Waals surface area contributed by atoms with Crippen molar-refractivity contribution in [2.75, 3.05) is 24.6 Å². The van der Waals surface area contributed by atoms with Crippen LogP contribution in [0.25, 0.3) is 10.9 Å². The van der Waals surface area contributed by atoms with Gasteiger partial charge in [0.1, 0.15) is 66.2 Å². The van der Waals surface area contributed by atoms with Crippen LogP contribution in [-0.2, 0) is 81.6 Å². The average molecular weight is 1430 g/mol. The number of H-pyrrole nitrogens is 1. The van der Waals surface area contributed by atoms with Crippen molar-refractivity contribution in [1.82, 2.24) is 57.7 Å². The molecule has 0 radical (unpaired) electrons. The van der Waals surface area contributed by atoms with Gasteiger partial charge in [-0.05, 0) is 92.8 Å². The first kappa shape index (κ1) is 81.4. The number of aliphatic carboxylic acids is 3. The van der Waals surface area contributed by atoms with Crippen LogP contribution in [0.15, 0.2) is 85.1 Å². The monoisotopic (exact) mass is 1430 g/mol. The molecule has 31 nitrogen and oxygen atoms in total. The summed E-state index contributed by atoms with van der Waals surface area (Å²) in [4.78, 5) is 181. The molecule has 2 heterocycles. The highest BCUT2D eigenvalue weighted by Gasteiger charge is 2.42. The number of amides is 10. The summed E-state index contributed by atoms with van der Waals surface area (Å²) in [6, 6.07) is 4.35. The molecule has 536 valence electrons. The molecule has 0 bridgehead atoms. The number of aromatic hydroxyl groups is 1. The number of phenols is 1. The van der Waals surface area contributed by atoms with Crippen molar-refractivity contribution in [3.05, 3.63) is 102 Å². The molecule has 0 saturated carbocycles. The Balaban J connectivity index is 0.0000204. The van der Waals surface area contributed by atoms with E-state index in [0.29, 0.717) is 34.0 Å². The molecular formula is C64H88ClN13O18S2. The number of likely N-dealkylation sites (tertiary alicyclic amines) is 1. The van der Waals surface area contributed by atoms with Gasteiger partial charge in [-0.3, -0.25) is 57.5 Å². The van der Waals surface area contributed by atoms with Gasteiger partial charge < -0.3 is 94.7 Å². The smallest absolute Gasteiger partial charge is 0.326 e. The Bertz CT molecular complexity index is 3420. The fraction of sp³-hybridized carbons (Fsp3) is 0.484. The van der Waals surface area contributed by atoms with Crippen LogP contribution >= 0.6 is 37.7 Å². The normalized spacial score (nSPS) is 16.1. The molecule has 1 fully saturated rings. The van der Waals surface area contributed by atoms with Crippen molar-refractivity contribution in [3.8, 4) is 5.75 Å². The number of rotatable bonds is 39. The number of aromatic nitrogens is 1. The van der Waals surface area contributed by atoms with E-state index in [1.54, 1.807) is 74.6 Å². The number of hydrogen-bond donors (Lipinski definition) is 19. The number of fused-ring (bicyclic) bond motifs is 1. The van der Waals surface area contributed by atoms with Crippen molar-refractivity contribution in [3.63, 3.8) is 0 Å². The highest BCUT2D eigenvalue weighted by atomic mass is 35.5. The summed E-state index contributed by atoms with van der Waals surface area (Å²) in [5.74, 6) is -15.2. The molecule has 1 aromatic heterocycles. The Morgan fingerprint density at radius 2 is 1.06 bits per heavy atom. The summed E-state index contributed by atoms with van der Waals surface area (Å²) in [7, 11) is 0. The standard InChI is InChI=1S/C64H87N13O18S2.ClH/c1-33(2)52(64(94)95)75-61(91)48(32-97)74-57(87)44(27-36-18-20-38(79)21-19-36)69-55(85)42(16-9-10-24-65)68-58(88)45(28-37-30-67-41-15-8-7-14-39(37)41)71-56(86)43(26-35-12-5-4-6-13-35)70-60(90)47(31-96)73-59(89)46(29-51(82)83)72-62(92)49-17-11-25-77(49)63(93)53(34(3)78)76-54(84)40(66)22-23-50(80)81;/h4-8,12-15,18-21,30,33-34,40,42-49,52-53,67,78-79,96-97H,9-11,16-17,22-29,31-32,65-66H2,1-3H3,(H,68,88)(H,69,85)(H,70,90)(H,71,86)(H,72,92)(H,73,89)(H,74,87)(H,75,91)(H,76,84)(H,80,81)(H,82,83)(H,94,95);1H/t34-,40+,42+,43+,44+,45+,46+,47+,48+,49+,52+,53+;/m1./s1. The Morgan fingerprint density at radius 3 is 1.59 bits per heavy atom. The molecule has 0 aliphatic carbocycles. The van der Waals surface area contributed by atoms with E-state index in [1.807, 2.05) is 0 Å². The number of hydrogen-bond acceptors (Lipinski definition) is 19. The fourth-order valence-electron chi connectivity index (χ4n) is 10.6. The number of carbonyl (C=O) groups is 13. The quantitative estimate of drug-likeness (QED) is 0.0178. The zero-order valence-electron chi connectivity index (χ0n) is 54.1. The van der Waals surface area contributed by atoms with E-state index in [0.717, 1.165) is 4.90 Å². The number of nitrogens with two attached hydrogens (primary N) is 2. The minimum absolute atomic E-state index is 0. The van der Waals surface area contributed by atoms with Gasteiger partial charge in [0.25, 0.3) is 0 Å². The maximum absolute atomic E-state index is 15.0. The SMILES string of the molecule is CC(C)[C@H](NC(=O)[C@H](CS)NC(=O)[C@H](Cc1ccc(O)cc1)NC(=O)[C@H](CCCCN)NC(=O)[C@H](Cc1c[nH]c2ccccc12)NC(=O)[C@H](Cc1ccccc1)NC(=O)[C@H](CS)NC(=O)[C@H](CC(=O)O)NC(=O)[C@@H]1CCCN1C(=O)[C@@H](NC(=O)[C@@H](N)CCC(=O)O)[C@@H](C)O)C(=O)O.Cl. The molecule has 4 aromatic rings. The molecule has 10 amide bonds. The number of nitrogens with one attached hydrogen (secondary N) is 10. The molecule has 0 spiro atoms. The first-order chi connectivity index (χ1) is 46.0. The number of aliphatic hydroxyl groups excluding tert-OH is 1. The summed E-state index contributed by atoms with van der Waals surface area (Å²) in [5, 5.41) is 72.7. The molecule has 1 aliphatic heterocycles. The zero-order chi connectivity index (χ0) is 71.6. The van der Waals surface area contributed by atoms with Gasteiger partial charge in [0.2, 0.25) is 59.1 Å². The number of para-hydroxylation sites is 1. The first-order valence-corrected chi connectivity index (χ1v) is 32.7. The number of aliphatic hydroxyl groups is 1. The number of nitrogens with zero attached hydrogens (tertiary/aromatic N) is 1. The van der Waals surface area contributed by atoms with Crippen molar-refractivity contribution < 1.29 is 87.9 Å². The summed E-state index contributed by atoms with van der Waals surface area (Å²) in [5.41, 5.74) is 13.8. The molecule has 19 N–H and O–H groups in total. The Labute approximate surface area is 581 Å². The topological polar surface area (TPSA) is 502 Å². The van der Waals surface area contributed by atoms with Gasteiger partial charge in [0, 0.05) is 60.8 Å². The Kier molecular flexibility index (Phi) is 33.2. The lowest BCUT2D eigenvalue weighted by Gasteiger charge is -2.31. The minimum atomic E-state index is -1.90. The third-order valence-electron chi connectivity index (χ3n) is 16.0. The molecule has 1 saturated heterocycles. The Hall–Kier alpha value is -9.02. The summed E-state index contributed by atoms with van der Waals surface area (Å²) in [6.45, 7) is 4.44. The highest BCUT2D eigenvalue weighted by molar-refractivity contribution is 7.80. The van der Waals surface area contributed by atoms with E-state index < -0.39 is 174 Å². The van der Waals surface area contributed by atoms with Gasteiger partial charge in [0.15, 0.2) is 0 Å². The Morgan fingerprint density at radius 1 is 0.571 bits per heavy atom. The predicted molar refractivity (Wildman–Crippen MR) is 365 cm³/mol. The average Bonchev–Trinajstić information content (AvgIpc) is 1.61. The molecule has 34 heteroatoms. The maximum atomic E-state index is 15.0. The van der Waals surface area contributed by atoms with Crippen LogP contribution in [-0.4, -0.2) is 210 Å². The fourth-order valence-corrected chi connectivity index (χ4v) is 11.1. The number of carboxylic acids is 3. The molecule has 1 aliphatic rings. The van der Waals surface area contributed by atoms with E-state index >= 15 is 4.79 Å². The van der Waals surface area contributed by atoms with E-state index in [4.69, 9.17) is 16.6 Å². The molecule has 98 heavy (non-hydrogen) atoms. The molecular weight excluding hydrogens is 1340 g/mol. The van der Waals surface area contributed by atoms with E-state index in [1.165, 1.54) is 31.2 Å². The van der Waals surface area contributed by atoms with Crippen molar-refractivity contribution in [2.45, 2.75) is 164 Å². The number of aromatic amines is 1. The van der Waals surface area contributed by atoms with Crippen LogP contribution < -0.4 is 59.3 Å². The number of phenolic OH excluding ortho intramolecular Hbond substituents is 1. The van der Waals surface area contributed by atoms with Crippen LogP contribution in [0.3, 0.4) is 0 Å². The van der Waals surface area contributed by atoms with Crippen molar-refractivity contribution >= 4 is 126 Å². The lowest BCUT2D eigenvalue weighted by Crippen LogP contribution is -2.62. The highest BCUT2D eigenvalue weighted by Crippen LogP contribution is 2.22. The zero-order valence-corrected chi connectivity index (χ0v) is 56.7. The molecule has 3 aromatic carbocycles. The molecule has 5 rings (SSSR count). The second kappa shape index (κ2) is 40.0. The largest absolute Gasteiger partial charge is 0.508 e. The summed E-state index contributed by atoms with van der Waals surface area (Å²) >= 11 is 8.52. The number of carbonyl (C=O) groups excluding carboxylic acids is 10. The van der Waals surface area contributed by atoms with E-state index in [-0.39, 0.29) is 88.4 Å². The molecule has 12 atom stereocenters. The number of carboxylic acid groups (broad SMARTS) is 3. The van der Waals surface area contributed by atoms with Crippen LogP contribution in [0.5, 0.6) is 5.75 Å². The number of halogens is 1. The predicted octanol–water partition coefficient (Wildman–Crippen LogP) is -1.55. The van der Waals surface area contributed by atoms with Gasteiger partial charge >= 0.3 is 17.9 Å². The van der Waals surface area contributed by atoms with Gasteiger partial charge in [-0.15, -0.1) is 12.4 Å².